The van der Waals surface area contributed by atoms with Gasteiger partial charge in [-0.2, -0.15) is 4.31 Å². The molecule has 150 valence electrons. The average molecular weight is 423 g/mol. The molecule has 6 nitrogen and oxygen atoms in total. The SMILES string of the molecule is COc1ccc(C)c(S(=O)(=O)N2CCC[C@H]2C(=O)NCc2ccc(Cl)cc2)c1. The topological polar surface area (TPSA) is 75.7 Å². The number of methoxy groups -OCH3 is 1. The number of ether oxygens (including phenoxy) is 1. The van der Waals surface area contributed by atoms with E-state index in [2.05, 4.69) is 5.32 Å². The van der Waals surface area contributed by atoms with Crippen LogP contribution in [0, 0.1) is 6.92 Å². The molecule has 0 bridgehead atoms. The minimum absolute atomic E-state index is 0.171. The average Bonchev–Trinajstić information content (AvgIpc) is 3.18. The fourth-order valence-electron chi connectivity index (χ4n) is 3.31. The fourth-order valence-corrected chi connectivity index (χ4v) is 5.34. The van der Waals surface area contributed by atoms with Crippen molar-refractivity contribution in [1.82, 2.24) is 9.62 Å². The number of rotatable bonds is 6. The van der Waals surface area contributed by atoms with Gasteiger partial charge in [0.1, 0.15) is 11.8 Å². The van der Waals surface area contributed by atoms with Crippen molar-refractivity contribution < 1.29 is 17.9 Å². The second-order valence-corrected chi connectivity index (χ2v) is 9.04. The van der Waals surface area contributed by atoms with Crippen molar-refractivity contribution in [3.8, 4) is 5.75 Å². The monoisotopic (exact) mass is 422 g/mol. The molecule has 1 saturated heterocycles. The maximum absolute atomic E-state index is 13.2. The third kappa shape index (κ3) is 4.32. The number of hydrogen-bond acceptors (Lipinski definition) is 4. The Balaban J connectivity index is 1.77. The zero-order valence-corrected chi connectivity index (χ0v) is 17.4. The normalized spacial score (nSPS) is 17.5. The quantitative estimate of drug-likeness (QED) is 0.776. The van der Waals surface area contributed by atoms with Gasteiger partial charge in [-0.3, -0.25) is 4.79 Å². The Kier molecular flexibility index (Phi) is 6.27. The van der Waals surface area contributed by atoms with Crippen LogP contribution < -0.4 is 10.1 Å². The summed E-state index contributed by atoms with van der Waals surface area (Å²) in [6.45, 7) is 2.37. The lowest BCUT2D eigenvalue weighted by atomic mass is 10.2. The van der Waals surface area contributed by atoms with Gasteiger partial charge in [-0.15, -0.1) is 0 Å². The summed E-state index contributed by atoms with van der Waals surface area (Å²) in [5, 5.41) is 3.46. The van der Waals surface area contributed by atoms with Crippen molar-refractivity contribution >= 4 is 27.5 Å². The Morgan fingerprint density at radius 3 is 2.64 bits per heavy atom. The maximum atomic E-state index is 13.2. The smallest absolute Gasteiger partial charge is 0.244 e. The van der Waals surface area contributed by atoms with E-state index in [0.29, 0.717) is 42.3 Å². The first-order valence-corrected chi connectivity index (χ1v) is 10.8. The van der Waals surface area contributed by atoms with Crippen molar-refractivity contribution in [2.75, 3.05) is 13.7 Å². The van der Waals surface area contributed by atoms with Gasteiger partial charge < -0.3 is 10.1 Å². The third-order valence-electron chi connectivity index (χ3n) is 4.87. The first kappa shape index (κ1) is 20.6. The molecule has 1 N–H and O–H groups in total. The molecule has 1 amide bonds. The van der Waals surface area contributed by atoms with E-state index in [-0.39, 0.29) is 10.8 Å². The molecule has 1 aliphatic heterocycles. The summed E-state index contributed by atoms with van der Waals surface area (Å²) in [5.41, 5.74) is 1.52. The molecule has 1 fully saturated rings. The Labute approximate surface area is 170 Å². The Morgan fingerprint density at radius 1 is 1.25 bits per heavy atom. The first-order chi connectivity index (χ1) is 13.3. The van der Waals surface area contributed by atoms with Gasteiger partial charge in [-0.05, 0) is 49.1 Å². The fraction of sp³-hybridized carbons (Fsp3) is 0.350. The Bertz CT molecular complexity index is 961. The number of aryl methyl sites for hydroxylation is 1. The lowest BCUT2D eigenvalue weighted by Gasteiger charge is -2.24. The van der Waals surface area contributed by atoms with Gasteiger partial charge in [-0.1, -0.05) is 29.8 Å². The molecule has 2 aromatic carbocycles. The summed E-state index contributed by atoms with van der Waals surface area (Å²) in [5.74, 6) is 0.170. The van der Waals surface area contributed by atoms with Gasteiger partial charge in [-0.25, -0.2) is 8.42 Å². The number of amides is 1. The molecule has 2 aromatic rings. The van der Waals surface area contributed by atoms with Crippen LogP contribution in [0.4, 0.5) is 0 Å². The summed E-state index contributed by atoms with van der Waals surface area (Å²) in [6.07, 6.45) is 1.13. The molecule has 1 atom stereocenters. The summed E-state index contributed by atoms with van der Waals surface area (Å²) < 4.78 is 32.9. The number of sulfonamides is 1. The van der Waals surface area contributed by atoms with Crippen molar-refractivity contribution in [2.24, 2.45) is 0 Å². The summed E-state index contributed by atoms with van der Waals surface area (Å²) >= 11 is 5.87. The van der Waals surface area contributed by atoms with Crippen molar-refractivity contribution in [3.63, 3.8) is 0 Å². The van der Waals surface area contributed by atoms with Gasteiger partial charge >= 0.3 is 0 Å². The first-order valence-electron chi connectivity index (χ1n) is 9.01. The minimum atomic E-state index is -3.81. The molecule has 0 unspecified atom stereocenters. The molecule has 0 radical (unpaired) electrons. The molecule has 0 saturated carbocycles. The second-order valence-electron chi connectivity index (χ2n) is 6.75. The van der Waals surface area contributed by atoms with E-state index in [1.54, 1.807) is 31.2 Å². The second kappa shape index (κ2) is 8.51. The molecule has 1 aliphatic rings. The molecule has 28 heavy (non-hydrogen) atoms. The minimum Gasteiger partial charge on any atom is -0.497 e. The molecule has 0 aromatic heterocycles. The van der Waals surface area contributed by atoms with Gasteiger partial charge in [0.2, 0.25) is 15.9 Å². The van der Waals surface area contributed by atoms with Crippen molar-refractivity contribution in [1.29, 1.82) is 0 Å². The standard InChI is InChI=1S/C20H23ClN2O4S/c1-14-5-10-17(27-2)12-19(14)28(25,26)23-11-3-4-18(23)20(24)22-13-15-6-8-16(21)9-7-15/h5-10,12,18H,3-4,11,13H2,1-2H3,(H,22,24)/t18-/m0/s1. The molecule has 8 heteroatoms. The number of nitrogens with one attached hydrogen (secondary N) is 1. The number of carbonyl (C=O) groups excluding carboxylic acids is 1. The number of benzene rings is 2. The summed E-state index contributed by atoms with van der Waals surface area (Å²) in [6, 6.07) is 11.4. The van der Waals surface area contributed by atoms with Crippen LogP contribution in [0.25, 0.3) is 0 Å². The van der Waals surface area contributed by atoms with Gasteiger partial charge in [0.15, 0.2) is 0 Å². The summed E-state index contributed by atoms with van der Waals surface area (Å²) in [4.78, 5) is 12.9. The number of carbonyl (C=O) groups is 1. The lowest BCUT2D eigenvalue weighted by Crippen LogP contribution is -2.45. The predicted octanol–water partition coefficient (Wildman–Crippen LogP) is 3.13. The maximum Gasteiger partial charge on any atom is 0.244 e. The van der Waals surface area contributed by atoms with Gasteiger partial charge in [0.25, 0.3) is 0 Å². The van der Waals surface area contributed by atoms with E-state index in [0.717, 1.165) is 5.56 Å². The van der Waals surface area contributed by atoms with E-state index in [4.69, 9.17) is 16.3 Å². The van der Waals surface area contributed by atoms with E-state index in [9.17, 15) is 13.2 Å². The Hall–Kier alpha value is -2.09. The zero-order chi connectivity index (χ0) is 20.3. The summed E-state index contributed by atoms with van der Waals surface area (Å²) in [7, 11) is -2.32. The molecule has 3 rings (SSSR count). The Morgan fingerprint density at radius 2 is 1.96 bits per heavy atom. The lowest BCUT2D eigenvalue weighted by molar-refractivity contribution is -0.124. The van der Waals surface area contributed by atoms with Crippen molar-refractivity contribution in [3.05, 3.63) is 58.6 Å². The highest BCUT2D eigenvalue weighted by Gasteiger charge is 2.40. The number of halogens is 1. The van der Waals surface area contributed by atoms with E-state index in [1.165, 1.54) is 17.5 Å². The zero-order valence-electron chi connectivity index (χ0n) is 15.8. The van der Waals surface area contributed by atoms with Crippen LogP contribution in [0.1, 0.15) is 24.0 Å². The van der Waals surface area contributed by atoms with Crippen LogP contribution in [-0.4, -0.2) is 38.3 Å². The van der Waals surface area contributed by atoms with Crippen LogP contribution in [0.15, 0.2) is 47.4 Å². The largest absolute Gasteiger partial charge is 0.497 e. The predicted molar refractivity (Wildman–Crippen MR) is 108 cm³/mol. The van der Waals surface area contributed by atoms with Crippen LogP contribution in [0.3, 0.4) is 0 Å². The van der Waals surface area contributed by atoms with E-state index in [1.807, 2.05) is 12.1 Å². The van der Waals surface area contributed by atoms with Crippen LogP contribution in [0.2, 0.25) is 5.02 Å². The molecule has 1 heterocycles. The van der Waals surface area contributed by atoms with Crippen LogP contribution in [0.5, 0.6) is 5.75 Å². The van der Waals surface area contributed by atoms with Crippen LogP contribution in [-0.2, 0) is 21.4 Å². The third-order valence-corrected chi connectivity index (χ3v) is 7.17. The molecular weight excluding hydrogens is 400 g/mol. The number of nitrogens with zero attached hydrogens (tertiary/aromatic N) is 1. The highest BCUT2D eigenvalue weighted by Crippen LogP contribution is 2.30. The van der Waals surface area contributed by atoms with Gasteiger partial charge in [0, 0.05) is 24.2 Å². The van der Waals surface area contributed by atoms with Gasteiger partial charge in [0.05, 0.1) is 12.0 Å². The van der Waals surface area contributed by atoms with Crippen LogP contribution >= 0.6 is 11.6 Å². The highest BCUT2D eigenvalue weighted by molar-refractivity contribution is 7.89. The molecule has 0 aliphatic carbocycles. The molecular formula is C20H23ClN2O4S. The highest BCUT2D eigenvalue weighted by atomic mass is 35.5. The van der Waals surface area contributed by atoms with E-state index >= 15 is 0 Å². The van der Waals surface area contributed by atoms with E-state index < -0.39 is 16.1 Å². The molecule has 0 spiro atoms. The number of hydrogen-bond donors (Lipinski definition) is 1. The van der Waals surface area contributed by atoms with Crippen molar-refractivity contribution in [2.45, 2.75) is 37.2 Å².